The number of hydrogen-bond acceptors (Lipinski definition) is 6. The van der Waals surface area contributed by atoms with E-state index in [0.717, 1.165) is 47.4 Å². The zero-order chi connectivity index (χ0) is 19.3. The first-order valence-corrected chi connectivity index (χ1v) is 12.1. The summed E-state index contributed by atoms with van der Waals surface area (Å²) in [5.41, 5.74) is 2.39. The monoisotopic (exact) mass is 415 g/mol. The molecular formula is C20H25N5OS2. The van der Waals surface area contributed by atoms with Gasteiger partial charge in [0.2, 0.25) is 5.91 Å². The van der Waals surface area contributed by atoms with Crippen LogP contribution in [0.5, 0.6) is 0 Å². The number of aryl methyl sites for hydroxylation is 2. The van der Waals surface area contributed by atoms with Crippen LogP contribution in [0.1, 0.15) is 61.7 Å². The van der Waals surface area contributed by atoms with Crippen LogP contribution in [0, 0.1) is 0 Å². The molecule has 28 heavy (non-hydrogen) atoms. The van der Waals surface area contributed by atoms with E-state index < -0.39 is 0 Å². The lowest BCUT2D eigenvalue weighted by Crippen LogP contribution is -2.31. The van der Waals surface area contributed by atoms with Crippen molar-refractivity contribution in [2.75, 3.05) is 18.8 Å². The van der Waals surface area contributed by atoms with E-state index in [2.05, 4.69) is 14.6 Å². The second-order valence-electron chi connectivity index (χ2n) is 7.63. The summed E-state index contributed by atoms with van der Waals surface area (Å²) in [5.74, 6) is 2.14. The largest absolute Gasteiger partial charge is 0.343 e. The standard InChI is InChI=1S/C20H25N5OS2/c1-3-24(4-2)15(26)11-27-20-23-22-18-16-13-7-5-6-8-14(13)28-19(16)21-17(25(18)20)12-9-10-12/h12H,3-11H2,1-2H3. The Kier molecular flexibility index (Phi) is 4.79. The van der Waals surface area contributed by atoms with Crippen molar-refractivity contribution in [1.29, 1.82) is 0 Å². The predicted octanol–water partition coefficient (Wildman–Crippen LogP) is 4.06. The number of nitrogens with zero attached hydrogens (tertiary/aromatic N) is 5. The fourth-order valence-corrected chi connectivity index (χ4v) is 6.26. The SMILES string of the molecule is CCN(CC)C(=O)CSc1nnc2c3c4c(sc3nc(C3CC3)n12)CCCC4. The van der Waals surface area contributed by atoms with Gasteiger partial charge in [-0.15, -0.1) is 21.5 Å². The minimum Gasteiger partial charge on any atom is -0.343 e. The van der Waals surface area contributed by atoms with E-state index in [1.807, 2.05) is 30.1 Å². The lowest BCUT2D eigenvalue weighted by molar-refractivity contribution is -0.127. The second kappa shape index (κ2) is 7.30. The molecule has 2 aliphatic carbocycles. The average molecular weight is 416 g/mol. The van der Waals surface area contributed by atoms with Crippen molar-refractivity contribution in [1.82, 2.24) is 24.5 Å². The van der Waals surface area contributed by atoms with Crippen LogP contribution in [0.2, 0.25) is 0 Å². The van der Waals surface area contributed by atoms with Crippen LogP contribution >= 0.6 is 23.1 Å². The zero-order valence-electron chi connectivity index (χ0n) is 16.4. The van der Waals surface area contributed by atoms with E-state index >= 15 is 0 Å². The number of carbonyl (C=O) groups is 1. The maximum atomic E-state index is 12.5. The van der Waals surface area contributed by atoms with Crippen molar-refractivity contribution in [2.24, 2.45) is 0 Å². The van der Waals surface area contributed by atoms with Crippen LogP contribution < -0.4 is 0 Å². The molecule has 0 saturated heterocycles. The lowest BCUT2D eigenvalue weighted by Gasteiger charge is -2.17. The van der Waals surface area contributed by atoms with Gasteiger partial charge in [0.25, 0.3) is 0 Å². The molecule has 0 N–H and O–H groups in total. The summed E-state index contributed by atoms with van der Waals surface area (Å²) in [6.07, 6.45) is 7.15. The molecule has 148 valence electrons. The van der Waals surface area contributed by atoms with Crippen LogP contribution in [-0.2, 0) is 17.6 Å². The number of thiophene rings is 1. The molecule has 1 amide bonds. The van der Waals surface area contributed by atoms with Crippen molar-refractivity contribution in [2.45, 2.75) is 63.4 Å². The molecule has 3 aromatic rings. The van der Waals surface area contributed by atoms with E-state index in [0.29, 0.717) is 11.7 Å². The molecule has 0 bridgehead atoms. The lowest BCUT2D eigenvalue weighted by atomic mass is 9.97. The molecular weight excluding hydrogens is 390 g/mol. The smallest absolute Gasteiger partial charge is 0.233 e. The third kappa shape index (κ3) is 3.01. The molecule has 1 saturated carbocycles. The summed E-state index contributed by atoms with van der Waals surface area (Å²) in [6.45, 7) is 5.52. The minimum atomic E-state index is 0.154. The topological polar surface area (TPSA) is 63.4 Å². The molecule has 8 heteroatoms. The number of aromatic nitrogens is 4. The van der Waals surface area contributed by atoms with E-state index in [-0.39, 0.29) is 5.91 Å². The number of thioether (sulfide) groups is 1. The molecule has 0 radical (unpaired) electrons. The molecule has 1 fully saturated rings. The van der Waals surface area contributed by atoms with Gasteiger partial charge >= 0.3 is 0 Å². The van der Waals surface area contributed by atoms with Gasteiger partial charge in [-0.05, 0) is 57.9 Å². The summed E-state index contributed by atoms with van der Waals surface area (Å²) in [7, 11) is 0. The number of carbonyl (C=O) groups excluding carboxylic acids is 1. The van der Waals surface area contributed by atoms with Gasteiger partial charge in [0, 0.05) is 23.9 Å². The van der Waals surface area contributed by atoms with Crippen LogP contribution in [0.25, 0.3) is 15.9 Å². The van der Waals surface area contributed by atoms with E-state index in [1.54, 1.807) is 0 Å². The van der Waals surface area contributed by atoms with Gasteiger partial charge in [-0.2, -0.15) is 0 Å². The molecule has 0 atom stereocenters. The van der Waals surface area contributed by atoms with Gasteiger partial charge in [0.05, 0.1) is 11.1 Å². The van der Waals surface area contributed by atoms with E-state index in [9.17, 15) is 4.79 Å². The van der Waals surface area contributed by atoms with E-state index in [4.69, 9.17) is 4.98 Å². The second-order valence-corrected chi connectivity index (χ2v) is 9.66. The fraction of sp³-hybridized carbons (Fsp3) is 0.600. The third-order valence-corrected chi connectivity index (χ3v) is 7.94. The molecule has 6 nitrogen and oxygen atoms in total. The Morgan fingerprint density at radius 3 is 2.75 bits per heavy atom. The van der Waals surface area contributed by atoms with Crippen molar-refractivity contribution in [3.8, 4) is 0 Å². The molecule has 0 spiro atoms. The first kappa shape index (κ1) is 18.4. The number of hydrogen-bond donors (Lipinski definition) is 0. The maximum absolute atomic E-state index is 12.5. The van der Waals surface area contributed by atoms with Crippen molar-refractivity contribution >= 4 is 44.9 Å². The summed E-state index contributed by atoms with van der Waals surface area (Å²) in [4.78, 5) is 22.0. The predicted molar refractivity (Wildman–Crippen MR) is 113 cm³/mol. The number of amides is 1. The Morgan fingerprint density at radius 2 is 2.00 bits per heavy atom. The fourth-order valence-electron chi connectivity index (χ4n) is 4.16. The van der Waals surface area contributed by atoms with Gasteiger partial charge < -0.3 is 4.90 Å². The van der Waals surface area contributed by atoms with Gasteiger partial charge in [-0.25, -0.2) is 4.98 Å². The molecule has 3 heterocycles. The Hall–Kier alpha value is -1.67. The molecule has 5 rings (SSSR count). The van der Waals surface area contributed by atoms with Gasteiger partial charge in [-0.1, -0.05) is 11.8 Å². The van der Waals surface area contributed by atoms with Crippen LogP contribution in [0.4, 0.5) is 0 Å². The van der Waals surface area contributed by atoms with Gasteiger partial charge in [-0.3, -0.25) is 9.20 Å². The van der Waals surface area contributed by atoms with Crippen LogP contribution in [0.3, 0.4) is 0 Å². The maximum Gasteiger partial charge on any atom is 0.233 e. The Bertz CT molecular complexity index is 1050. The third-order valence-electron chi connectivity index (χ3n) is 5.84. The highest BCUT2D eigenvalue weighted by Crippen LogP contribution is 2.44. The highest BCUT2D eigenvalue weighted by atomic mass is 32.2. The summed E-state index contributed by atoms with van der Waals surface area (Å²) >= 11 is 3.34. The molecule has 0 unspecified atom stereocenters. The molecule has 3 aromatic heterocycles. The first-order valence-electron chi connectivity index (χ1n) is 10.3. The van der Waals surface area contributed by atoms with Gasteiger partial charge in [0.15, 0.2) is 10.8 Å². The van der Waals surface area contributed by atoms with Crippen molar-refractivity contribution in [3.05, 3.63) is 16.3 Å². The molecule has 0 aliphatic heterocycles. The average Bonchev–Trinajstić information content (AvgIpc) is 3.36. The highest BCUT2D eigenvalue weighted by Gasteiger charge is 2.32. The number of rotatable bonds is 6. The molecule has 2 aliphatic rings. The Balaban J connectivity index is 1.58. The summed E-state index contributed by atoms with van der Waals surface area (Å²) in [6, 6.07) is 0. The van der Waals surface area contributed by atoms with Crippen LogP contribution in [0.15, 0.2) is 5.16 Å². The Labute approximate surface area is 172 Å². The highest BCUT2D eigenvalue weighted by molar-refractivity contribution is 7.99. The van der Waals surface area contributed by atoms with Crippen molar-refractivity contribution in [3.63, 3.8) is 0 Å². The minimum absolute atomic E-state index is 0.154. The van der Waals surface area contributed by atoms with E-state index in [1.165, 1.54) is 53.3 Å². The Morgan fingerprint density at radius 1 is 1.21 bits per heavy atom. The normalized spacial score (nSPS) is 16.6. The summed E-state index contributed by atoms with van der Waals surface area (Å²) in [5, 5.41) is 11.1. The quantitative estimate of drug-likeness (QED) is 0.568. The van der Waals surface area contributed by atoms with Gasteiger partial charge in [0.1, 0.15) is 10.7 Å². The molecule has 0 aromatic carbocycles. The summed E-state index contributed by atoms with van der Waals surface area (Å²) < 4.78 is 2.15. The first-order chi connectivity index (χ1) is 13.7. The zero-order valence-corrected chi connectivity index (χ0v) is 18.0. The van der Waals surface area contributed by atoms with Crippen molar-refractivity contribution < 1.29 is 4.79 Å². The van der Waals surface area contributed by atoms with Crippen LogP contribution in [-0.4, -0.2) is 49.2 Å². The number of fused-ring (bicyclic) bond motifs is 5.